The Morgan fingerprint density at radius 3 is 2.35 bits per heavy atom. The third kappa shape index (κ3) is 6.50. The second kappa shape index (κ2) is 10.3. The van der Waals surface area contributed by atoms with Crippen LogP contribution >= 0.6 is 0 Å². The van der Waals surface area contributed by atoms with Gasteiger partial charge in [-0.2, -0.15) is 0 Å². The fourth-order valence-corrected chi connectivity index (χ4v) is 4.95. The number of carbonyl (C=O) groups is 3. The van der Waals surface area contributed by atoms with Gasteiger partial charge in [0.15, 0.2) is 0 Å². The Kier molecular flexibility index (Phi) is 7.91. The highest BCUT2D eigenvalue weighted by atomic mass is 16.7. The fourth-order valence-electron chi connectivity index (χ4n) is 4.95. The van der Waals surface area contributed by atoms with Crippen molar-refractivity contribution in [3.05, 3.63) is 35.6 Å². The maximum absolute atomic E-state index is 12.0. The van der Waals surface area contributed by atoms with E-state index in [-0.39, 0.29) is 23.6 Å². The van der Waals surface area contributed by atoms with Crippen molar-refractivity contribution in [2.45, 2.75) is 97.4 Å². The largest absolute Gasteiger partial charge is 0.462 e. The number of hydrogen-bond acceptors (Lipinski definition) is 8. The van der Waals surface area contributed by atoms with Crippen molar-refractivity contribution in [2.24, 2.45) is 11.8 Å². The quantitative estimate of drug-likeness (QED) is 0.244. The van der Waals surface area contributed by atoms with Gasteiger partial charge in [0.05, 0.1) is 23.9 Å². The highest BCUT2D eigenvalue weighted by Gasteiger charge is 2.51. The molecule has 6 unspecified atom stereocenters. The second-order valence-corrected chi connectivity index (χ2v) is 9.97. The molecule has 188 valence electrons. The Morgan fingerprint density at radius 2 is 1.79 bits per heavy atom. The molecule has 1 fully saturated rings. The molecule has 0 aromatic carbocycles. The predicted octanol–water partition coefficient (Wildman–Crippen LogP) is 4.14. The van der Waals surface area contributed by atoms with E-state index in [1.54, 1.807) is 6.26 Å². The summed E-state index contributed by atoms with van der Waals surface area (Å²) in [6, 6.07) is 0. The molecule has 3 rings (SSSR count). The van der Waals surface area contributed by atoms with E-state index in [0.717, 1.165) is 16.7 Å². The molecule has 8 heteroatoms. The molecule has 1 saturated heterocycles. The Bertz CT molecular complexity index is 898. The number of allylic oxidation sites excluding steroid dienone is 1. The molecular formula is C26H36O8. The van der Waals surface area contributed by atoms with Gasteiger partial charge in [0, 0.05) is 45.1 Å². The number of hydrogen-bond donors (Lipinski definition) is 0. The molecule has 0 spiro atoms. The molecule has 0 aromatic heterocycles. The minimum absolute atomic E-state index is 0.0445. The van der Waals surface area contributed by atoms with Gasteiger partial charge in [-0.05, 0) is 39.7 Å². The Morgan fingerprint density at radius 1 is 1.15 bits per heavy atom. The van der Waals surface area contributed by atoms with Crippen LogP contribution in [0, 0.1) is 11.8 Å². The predicted molar refractivity (Wildman–Crippen MR) is 123 cm³/mol. The number of esters is 3. The number of fused-ring (bicyclic) bond motifs is 1. The molecular weight excluding hydrogens is 440 g/mol. The minimum Gasteiger partial charge on any atom is -0.462 e. The molecule has 0 N–H and O–H groups in total. The summed E-state index contributed by atoms with van der Waals surface area (Å²) in [5, 5.41) is 0. The van der Waals surface area contributed by atoms with Crippen LogP contribution < -0.4 is 0 Å². The Hall–Kier alpha value is -2.61. The van der Waals surface area contributed by atoms with Crippen LogP contribution in [0.15, 0.2) is 35.6 Å². The second-order valence-electron chi connectivity index (χ2n) is 9.97. The zero-order chi connectivity index (χ0) is 25.2. The molecule has 8 nitrogen and oxygen atoms in total. The molecule has 3 aliphatic rings. The molecule has 0 amide bonds. The Labute approximate surface area is 201 Å². The molecule has 34 heavy (non-hydrogen) atoms. The zero-order valence-electron chi connectivity index (χ0n) is 20.9. The standard InChI is InChI=1S/C26H36O8/c1-14-8-9-20-21(22(32-17(4)28)12-23-26(6,7)34-23)13-30-25(33-18(5)29)24(20)15(2)11-19(10-14)31-16(3)27/h10,13,19-20,22-25H,2,8-9,11-12H2,1,3-7H3. The summed E-state index contributed by atoms with van der Waals surface area (Å²) in [5.74, 6) is -1.79. The van der Waals surface area contributed by atoms with Gasteiger partial charge in [0.25, 0.3) is 0 Å². The van der Waals surface area contributed by atoms with Crippen LogP contribution in [0.4, 0.5) is 0 Å². The molecule has 0 saturated carbocycles. The highest BCUT2D eigenvalue weighted by Crippen LogP contribution is 2.46. The summed E-state index contributed by atoms with van der Waals surface area (Å²) >= 11 is 0. The highest BCUT2D eigenvalue weighted by molar-refractivity contribution is 5.67. The maximum Gasteiger partial charge on any atom is 0.305 e. The molecule has 0 aromatic rings. The van der Waals surface area contributed by atoms with Gasteiger partial charge in [-0.25, -0.2) is 0 Å². The van der Waals surface area contributed by atoms with Gasteiger partial charge in [-0.1, -0.05) is 17.7 Å². The lowest BCUT2D eigenvalue weighted by molar-refractivity contribution is -0.181. The van der Waals surface area contributed by atoms with E-state index >= 15 is 0 Å². The molecule has 1 aliphatic carbocycles. The Balaban J connectivity index is 1.97. The van der Waals surface area contributed by atoms with Crippen LogP contribution in [0.3, 0.4) is 0 Å². The first-order valence-electron chi connectivity index (χ1n) is 11.8. The van der Waals surface area contributed by atoms with Crippen LogP contribution in [0.1, 0.15) is 67.2 Å². The average Bonchev–Trinajstić information content (AvgIpc) is 3.27. The van der Waals surface area contributed by atoms with Crippen LogP contribution in [-0.2, 0) is 38.1 Å². The minimum atomic E-state index is -0.873. The van der Waals surface area contributed by atoms with E-state index in [1.165, 1.54) is 20.8 Å². The number of rotatable bonds is 6. The van der Waals surface area contributed by atoms with Gasteiger partial charge in [-0.3, -0.25) is 14.4 Å². The first-order valence-corrected chi connectivity index (χ1v) is 11.8. The zero-order valence-corrected chi connectivity index (χ0v) is 20.9. The van der Waals surface area contributed by atoms with Crippen molar-refractivity contribution < 1.29 is 38.1 Å². The van der Waals surface area contributed by atoms with Crippen molar-refractivity contribution in [2.75, 3.05) is 0 Å². The topological polar surface area (TPSA) is 101 Å². The SMILES string of the molecule is C=C1CC(OC(C)=O)C=C(C)CCC2C(C(CC3OC3(C)C)OC(C)=O)=COC(OC(C)=O)C12. The molecule has 2 aliphatic heterocycles. The van der Waals surface area contributed by atoms with E-state index in [1.807, 2.05) is 26.8 Å². The number of carbonyl (C=O) groups excluding carboxylic acids is 3. The van der Waals surface area contributed by atoms with E-state index < -0.39 is 36.4 Å². The van der Waals surface area contributed by atoms with Crippen molar-refractivity contribution in [1.29, 1.82) is 0 Å². The van der Waals surface area contributed by atoms with Gasteiger partial charge in [-0.15, -0.1) is 0 Å². The van der Waals surface area contributed by atoms with Gasteiger partial charge >= 0.3 is 17.9 Å². The summed E-state index contributed by atoms with van der Waals surface area (Å²) in [5.41, 5.74) is 2.36. The van der Waals surface area contributed by atoms with E-state index in [9.17, 15) is 14.4 Å². The third-order valence-corrected chi connectivity index (χ3v) is 6.62. The van der Waals surface area contributed by atoms with Crippen molar-refractivity contribution in [3.63, 3.8) is 0 Å². The monoisotopic (exact) mass is 476 g/mol. The lowest BCUT2D eigenvalue weighted by Crippen LogP contribution is -2.42. The van der Waals surface area contributed by atoms with Gasteiger partial charge in [0.1, 0.15) is 12.2 Å². The third-order valence-electron chi connectivity index (χ3n) is 6.62. The smallest absolute Gasteiger partial charge is 0.305 e. The van der Waals surface area contributed by atoms with Crippen LogP contribution in [0.2, 0.25) is 0 Å². The normalized spacial score (nSPS) is 31.1. The summed E-state index contributed by atoms with van der Waals surface area (Å²) in [6.07, 6.45) is 3.86. The maximum atomic E-state index is 12.0. The van der Waals surface area contributed by atoms with Gasteiger partial charge < -0.3 is 23.7 Å². The lowest BCUT2D eigenvalue weighted by atomic mass is 9.74. The molecule has 6 atom stereocenters. The average molecular weight is 477 g/mol. The van der Waals surface area contributed by atoms with Crippen molar-refractivity contribution in [1.82, 2.24) is 0 Å². The molecule has 0 radical (unpaired) electrons. The summed E-state index contributed by atoms with van der Waals surface area (Å²) < 4.78 is 28.5. The van der Waals surface area contributed by atoms with Crippen molar-refractivity contribution >= 4 is 17.9 Å². The fraction of sp³-hybridized carbons (Fsp3) is 0.654. The number of ether oxygens (including phenoxy) is 5. The van der Waals surface area contributed by atoms with E-state index in [0.29, 0.717) is 25.7 Å². The summed E-state index contributed by atoms with van der Waals surface area (Å²) in [7, 11) is 0. The van der Waals surface area contributed by atoms with E-state index in [4.69, 9.17) is 23.7 Å². The van der Waals surface area contributed by atoms with Crippen molar-refractivity contribution in [3.8, 4) is 0 Å². The molecule has 2 heterocycles. The van der Waals surface area contributed by atoms with Crippen LogP contribution in [0.5, 0.6) is 0 Å². The van der Waals surface area contributed by atoms with Gasteiger partial charge in [0.2, 0.25) is 6.29 Å². The van der Waals surface area contributed by atoms with Crippen LogP contribution in [-0.4, -0.2) is 48.1 Å². The van der Waals surface area contributed by atoms with Crippen LogP contribution in [0.25, 0.3) is 0 Å². The summed E-state index contributed by atoms with van der Waals surface area (Å²) in [4.78, 5) is 35.5. The summed E-state index contributed by atoms with van der Waals surface area (Å²) in [6.45, 7) is 14.4. The first kappa shape index (κ1) is 26.0. The number of epoxide rings is 1. The lowest BCUT2D eigenvalue weighted by Gasteiger charge is -2.40. The first-order chi connectivity index (χ1) is 15.9. The van der Waals surface area contributed by atoms with E-state index in [2.05, 4.69) is 6.58 Å². The molecule has 0 bridgehead atoms.